The first-order chi connectivity index (χ1) is 7.97. The lowest BCUT2D eigenvalue weighted by atomic mass is 9.87. The summed E-state index contributed by atoms with van der Waals surface area (Å²) in [6, 6.07) is 7.69. The zero-order valence-corrected chi connectivity index (χ0v) is 10.8. The molecule has 2 rings (SSSR count). The van der Waals surface area contributed by atoms with Crippen LogP contribution in [0.15, 0.2) is 36.7 Å². The van der Waals surface area contributed by atoms with E-state index in [1.165, 1.54) is 0 Å². The standard InChI is InChI=1S/C13H16ClN3/c1-13(15,7-10-8-16-17(2)9-10)11-4-3-5-12(14)6-11/h3-6,8-9H,7,15H2,1-2H3. The summed E-state index contributed by atoms with van der Waals surface area (Å²) in [6.45, 7) is 2.01. The van der Waals surface area contributed by atoms with Gasteiger partial charge in [0.2, 0.25) is 0 Å². The fraction of sp³-hybridized carbons (Fsp3) is 0.308. The fourth-order valence-electron chi connectivity index (χ4n) is 1.93. The Morgan fingerprint density at radius 3 is 2.82 bits per heavy atom. The van der Waals surface area contributed by atoms with Gasteiger partial charge in [0.15, 0.2) is 0 Å². The maximum atomic E-state index is 6.35. The van der Waals surface area contributed by atoms with Gasteiger partial charge < -0.3 is 5.73 Å². The Morgan fingerprint density at radius 1 is 1.47 bits per heavy atom. The first-order valence-corrected chi connectivity index (χ1v) is 5.88. The summed E-state index contributed by atoms with van der Waals surface area (Å²) < 4.78 is 1.78. The first kappa shape index (κ1) is 12.1. The lowest BCUT2D eigenvalue weighted by Crippen LogP contribution is -2.35. The van der Waals surface area contributed by atoms with Gasteiger partial charge in [-0.3, -0.25) is 4.68 Å². The number of rotatable bonds is 3. The van der Waals surface area contributed by atoms with E-state index in [4.69, 9.17) is 17.3 Å². The highest BCUT2D eigenvalue weighted by molar-refractivity contribution is 6.30. The third-order valence-corrected chi connectivity index (χ3v) is 3.05. The van der Waals surface area contributed by atoms with E-state index in [-0.39, 0.29) is 0 Å². The number of hydrogen-bond acceptors (Lipinski definition) is 2. The van der Waals surface area contributed by atoms with Crippen molar-refractivity contribution in [3.05, 3.63) is 52.8 Å². The summed E-state index contributed by atoms with van der Waals surface area (Å²) >= 11 is 5.99. The molecule has 2 N–H and O–H groups in total. The van der Waals surface area contributed by atoms with Gasteiger partial charge in [0.1, 0.15) is 0 Å². The predicted molar refractivity (Wildman–Crippen MR) is 69.9 cm³/mol. The van der Waals surface area contributed by atoms with E-state index >= 15 is 0 Å². The van der Waals surface area contributed by atoms with Crippen molar-refractivity contribution < 1.29 is 0 Å². The molecule has 0 aliphatic heterocycles. The van der Waals surface area contributed by atoms with Crippen molar-refractivity contribution in [1.82, 2.24) is 9.78 Å². The number of hydrogen-bond donors (Lipinski definition) is 1. The van der Waals surface area contributed by atoms with Crippen molar-refractivity contribution in [3.8, 4) is 0 Å². The van der Waals surface area contributed by atoms with Gasteiger partial charge in [-0.1, -0.05) is 23.7 Å². The Bertz CT molecular complexity index is 517. The van der Waals surface area contributed by atoms with E-state index in [2.05, 4.69) is 5.10 Å². The summed E-state index contributed by atoms with van der Waals surface area (Å²) in [5.74, 6) is 0. The molecule has 1 aromatic carbocycles. The molecule has 1 aromatic heterocycles. The van der Waals surface area contributed by atoms with Gasteiger partial charge in [0, 0.05) is 23.8 Å². The van der Waals surface area contributed by atoms with Gasteiger partial charge in [0.25, 0.3) is 0 Å². The summed E-state index contributed by atoms with van der Waals surface area (Å²) in [5, 5.41) is 4.86. The highest BCUT2D eigenvalue weighted by Gasteiger charge is 2.22. The molecule has 2 aromatic rings. The molecule has 17 heavy (non-hydrogen) atoms. The van der Waals surface area contributed by atoms with Crippen LogP contribution >= 0.6 is 11.6 Å². The van der Waals surface area contributed by atoms with Gasteiger partial charge in [-0.2, -0.15) is 5.10 Å². The molecule has 0 aliphatic carbocycles. The van der Waals surface area contributed by atoms with Crippen LogP contribution in [0.3, 0.4) is 0 Å². The monoisotopic (exact) mass is 249 g/mol. The molecule has 0 aliphatic rings. The van der Waals surface area contributed by atoms with E-state index < -0.39 is 5.54 Å². The lowest BCUT2D eigenvalue weighted by Gasteiger charge is -2.24. The normalized spacial score (nSPS) is 14.6. The lowest BCUT2D eigenvalue weighted by molar-refractivity contribution is 0.491. The molecule has 3 nitrogen and oxygen atoms in total. The second kappa shape index (κ2) is 4.51. The number of aromatic nitrogens is 2. The van der Waals surface area contributed by atoms with Crippen LogP contribution < -0.4 is 5.73 Å². The third-order valence-electron chi connectivity index (χ3n) is 2.81. The average Bonchev–Trinajstić information content (AvgIpc) is 2.63. The average molecular weight is 250 g/mol. The molecule has 1 heterocycles. The largest absolute Gasteiger partial charge is 0.321 e. The SMILES string of the molecule is Cn1cc(CC(C)(N)c2cccc(Cl)c2)cn1. The number of aryl methyl sites for hydroxylation is 1. The van der Waals surface area contributed by atoms with Crippen LogP contribution in [0.2, 0.25) is 5.02 Å². The Morgan fingerprint density at radius 2 is 2.24 bits per heavy atom. The van der Waals surface area contributed by atoms with Crippen LogP contribution in [0, 0.1) is 0 Å². The highest BCUT2D eigenvalue weighted by Crippen LogP contribution is 2.24. The zero-order chi connectivity index (χ0) is 12.5. The molecule has 0 fully saturated rings. The summed E-state index contributed by atoms with van der Waals surface area (Å²) in [4.78, 5) is 0. The van der Waals surface area contributed by atoms with Gasteiger partial charge in [-0.05, 0) is 36.6 Å². The highest BCUT2D eigenvalue weighted by atomic mass is 35.5. The van der Waals surface area contributed by atoms with Crippen molar-refractivity contribution in [2.45, 2.75) is 18.9 Å². The molecule has 1 atom stereocenters. The topological polar surface area (TPSA) is 43.8 Å². The Hall–Kier alpha value is -1.32. The molecule has 0 saturated heterocycles. The molecule has 0 amide bonds. The van der Waals surface area contributed by atoms with Gasteiger partial charge in [-0.15, -0.1) is 0 Å². The van der Waals surface area contributed by atoms with Crippen molar-refractivity contribution in [3.63, 3.8) is 0 Å². The predicted octanol–water partition coefficient (Wildman–Crippen LogP) is 2.49. The molecular weight excluding hydrogens is 234 g/mol. The minimum atomic E-state index is -0.437. The third kappa shape index (κ3) is 2.87. The molecule has 1 unspecified atom stereocenters. The second-order valence-corrected chi connectivity index (χ2v) is 5.06. The minimum absolute atomic E-state index is 0.437. The Kier molecular flexibility index (Phi) is 3.22. The molecule has 0 bridgehead atoms. The van der Waals surface area contributed by atoms with Crippen LogP contribution in [-0.2, 0) is 19.0 Å². The Labute approximate surface area is 106 Å². The number of halogens is 1. The molecule has 4 heteroatoms. The first-order valence-electron chi connectivity index (χ1n) is 5.50. The van der Waals surface area contributed by atoms with Crippen LogP contribution in [0.5, 0.6) is 0 Å². The fourth-order valence-corrected chi connectivity index (χ4v) is 2.12. The van der Waals surface area contributed by atoms with Gasteiger partial charge in [0.05, 0.1) is 6.20 Å². The summed E-state index contributed by atoms with van der Waals surface area (Å²) in [6.07, 6.45) is 4.56. The maximum absolute atomic E-state index is 6.35. The van der Waals surface area contributed by atoms with Gasteiger partial charge >= 0.3 is 0 Å². The minimum Gasteiger partial charge on any atom is -0.321 e. The molecule has 0 spiro atoms. The molecule has 0 saturated carbocycles. The van der Waals surface area contributed by atoms with Crippen molar-refractivity contribution >= 4 is 11.6 Å². The van der Waals surface area contributed by atoms with Crippen LogP contribution in [0.25, 0.3) is 0 Å². The van der Waals surface area contributed by atoms with E-state index in [1.807, 2.05) is 50.6 Å². The number of nitrogens with two attached hydrogens (primary N) is 1. The van der Waals surface area contributed by atoms with Crippen molar-refractivity contribution in [2.24, 2.45) is 12.8 Å². The second-order valence-electron chi connectivity index (χ2n) is 4.63. The maximum Gasteiger partial charge on any atom is 0.0522 e. The summed E-state index contributed by atoms with van der Waals surface area (Å²) in [7, 11) is 1.90. The number of nitrogens with zero attached hydrogens (tertiary/aromatic N) is 2. The van der Waals surface area contributed by atoms with Crippen molar-refractivity contribution in [2.75, 3.05) is 0 Å². The Balaban J connectivity index is 2.24. The van der Waals surface area contributed by atoms with Gasteiger partial charge in [-0.25, -0.2) is 0 Å². The summed E-state index contributed by atoms with van der Waals surface area (Å²) in [5.41, 5.74) is 8.07. The van der Waals surface area contributed by atoms with E-state index in [9.17, 15) is 0 Å². The van der Waals surface area contributed by atoms with E-state index in [0.29, 0.717) is 5.02 Å². The van der Waals surface area contributed by atoms with Crippen LogP contribution in [0.4, 0.5) is 0 Å². The van der Waals surface area contributed by atoms with Crippen LogP contribution in [0.1, 0.15) is 18.1 Å². The van der Waals surface area contributed by atoms with Crippen molar-refractivity contribution in [1.29, 1.82) is 0 Å². The smallest absolute Gasteiger partial charge is 0.0522 e. The molecule has 0 radical (unpaired) electrons. The van der Waals surface area contributed by atoms with E-state index in [1.54, 1.807) is 4.68 Å². The van der Waals surface area contributed by atoms with Crippen LogP contribution in [-0.4, -0.2) is 9.78 Å². The molecular formula is C13H16ClN3. The quantitative estimate of drug-likeness (QED) is 0.908. The zero-order valence-electron chi connectivity index (χ0n) is 10.0. The van der Waals surface area contributed by atoms with E-state index in [0.717, 1.165) is 17.5 Å². The molecule has 90 valence electrons. The number of benzene rings is 1.